The van der Waals surface area contributed by atoms with E-state index in [2.05, 4.69) is 81.5 Å². The molecule has 0 aromatic heterocycles. The van der Waals surface area contributed by atoms with Gasteiger partial charge in [0.1, 0.15) is 13.2 Å². The van der Waals surface area contributed by atoms with Gasteiger partial charge in [-0.2, -0.15) is 0 Å². The molecule has 0 heterocycles. The number of ether oxygens (including phenoxy) is 3. The average molecular weight is 1040 g/mol. The Kier molecular flexibility index (Phi) is 60.2. The lowest BCUT2D eigenvalue weighted by atomic mass is 10.0. The lowest BCUT2D eigenvalue weighted by molar-refractivity contribution is -0.167. The van der Waals surface area contributed by atoms with Crippen molar-refractivity contribution in [3.63, 3.8) is 0 Å². The van der Waals surface area contributed by atoms with Crippen molar-refractivity contribution in [2.24, 2.45) is 0 Å². The van der Waals surface area contributed by atoms with Crippen LogP contribution in [-0.2, 0) is 28.6 Å². The first-order valence-electron chi connectivity index (χ1n) is 32.3. The molecule has 0 saturated heterocycles. The lowest BCUT2D eigenvalue weighted by Gasteiger charge is -2.18. The summed E-state index contributed by atoms with van der Waals surface area (Å²) in [5.74, 6) is -0.937. The monoisotopic (exact) mass is 1030 g/mol. The van der Waals surface area contributed by atoms with E-state index in [0.717, 1.165) is 77.0 Å². The number of hydrogen-bond acceptors (Lipinski definition) is 6. The van der Waals surface area contributed by atoms with Gasteiger partial charge in [0.15, 0.2) is 6.10 Å². The van der Waals surface area contributed by atoms with Crippen molar-refractivity contribution in [1.82, 2.24) is 0 Å². The maximum absolute atomic E-state index is 12.8. The quantitative estimate of drug-likeness (QED) is 0.0261. The largest absolute Gasteiger partial charge is 0.462 e. The second-order valence-electron chi connectivity index (χ2n) is 21.7. The summed E-state index contributed by atoms with van der Waals surface area (Å²) in [6.45, 7) is 6.51. The summed E-state index contributed by atoms with van der Waals surface area (Å²) in [5, 5.41) is 0. The van der Waals surface area contributed by atoms with Crippen molar-refractivity contribution in [1.29, 1.82) is 0 Å². The molecule has 0 N–H and O–H groups in total. The minimum absolute atomic E-state index is 0.0928. The van der Waals surface area contributed by atoms with Crippen LogP contribution in [0.25, 0.3) is 0 Å². The summed E-state index contributed by atoms with van der Waals surface area (Å²) in [5.41, 5.74) is 0. The zero-order chi connectivity index (χ0) is 53.6. The van der Waals surface area contributed by atoms with Gasteiger partial charge in [-0.05, 0) is 57.8 Å². The molecule has 0 aliphatic heterocycles. The first kappa shape index (κ1) is 71.1. The molecular weight excluding hydrogens is 913 g/mol. The van der Waals surface area contributed by atoms with Gasteiger partial charge in [-0.15, -0.1) is 0 Å². The van der Waals surface area contributed by atoms with E-state index >= 15 is 0 Å². The average Bonchev–Trinajstić information content (AvgIpc) is 3.40. The van der Waals surface area contributed by atoms with Crippen molar-refractivity contribution >= 4 is 17.9 Å². The second-order valence-corrected chi connectivity index (χ2v) is 21.7. The molecule has 430 valence electrons. The first-order valence-corrected chi connectivity index (χ1v) is 32.3. The smallest absolute Gasteiger partial charge is 0.306 e. The Morgan fingerprint density at radius 2 is 0.527 bits per heavy atom. The number of allylic oxidation sites excluding steroid dienone is 10. The lowest BCUT2D eigenvalue weighted by Crippen LogP contribution is -2.30. The molecule has 6 heteroatoms. The van der Waals surface area contributed by atoms with Gasteiger partial charge in [-0.25, -0.2) is 0 Å². The number of hydrogen-bond donors (Lipinski definition) is 0. The van der Waals surface area contributed by atoms with Gasteiger partial charge in [-0.1, -0.05) is 319 Å². The van der Waals surface area contributed by atoms with E-state index in [1.807, 2.05) is 0 Å². The van der Waals surface area contributed by atoms with E-state index in [9.17, 15) is 14.4 Å². The predicted molar refractivity (Wildman–Crippen MR) is 321 cm³/mol. The zero-order valence-electron chi connectivity index (χ0n) is 49.4. The van der Waals surface area contributed by atoms with Crippen molar-refractivity contribution in [3.05, 3.63) is 60.8 Å². The van der Waals surface area contributed by atoms with Crippen molar-refractivity contribution in [2.75, 3.05) is 13.2 Å². The zero-order valence-corrected chi connectivity index (χ0v) is 49.4. The summed E-state index contributed by atoms with van der Waals surface area (Å²) in [7, 11) is 0. The molecule has 74 heavy (non-hydrogen) atoms. The van der Waals surface area contributed by atoms with Gasteiger partial charge in [0, 0.05) is 19.3 Å². The number of unbranched alkanes of at least 4 members (excludes halogenated alkanes) is 38. The Hall–Kier alpha value is -2.89. The minimum Gasteiger partial charge on any atom is -0.462 e. The fourth-order valence-electron chi connectivity index (χ4n) is 9.48. The Labute approximate surface area is 460 Å². The van der Waals surface area contributed by atoms with Gasteiger partial charge in [0.2, 0.25) is 0 Å². The topological polar surface area (TPSA) is 78.9 Å². The highest BCUT2D eigenvalue weighted by molar-refractivity contribution is 5.71. The number of esters is 3. The van der Waals surface area contributed by atoms with Crippen LogP contribution in [0.5, 0.6) is 0 Å². The van der Waals surface area contributed by atoms with Gasteiger partial charge < -0.3 is 14.2 Å². The van der Waals surface area contributed by atoms with Crippen LogP contribution in [0.3, 0.4) is 0 Å². The molecule has 0 amide bonds. The van der Waals surface area contributed by atoms with E-state index < -0.39 is 6.10 Å². The maximum Gasteiger partial charge on any atom is 0.306 e. The molecule has 0 aromatic rings. The fourth-order valence-corrected chi connectivity index (χ4v) is 9.48. The first-order chi connectivity index (χ1) is 36.5. The molecule has 1 atom stereocenters. The fraction of sp³-hybridized carbons (Fsp3) is 0.809. The SMILES string of the molecule is CC/C=C\C/C=C\C/C=C\C/C=C\C/C=C\CCCC(=O)OC(COC(=O)CCCCCCCCCCCC)COC(=O)CCCCCCCCCCCCCCCCCCCCCCCCCCCCCCC. The van der Waals surface area contributed by atoms with Crippen LogP contribution in [0.1, 0.15) is 335 Å². The molecule has 0 rings (SSSR count). The molecule has 6 nitrogen and oxygen atoms in total. The van der Waals surface area contributed by atoms with Gasteiger partial charge >= 0.3 is 17.9 Å². The van der Waals surface area contributed by atoms with Crippen LogP contribution in [0.2, 0.25) is 0 Å². The van der Waals surface area contributed by atoms with Crippen LogP contribution in [0.15, 0.2) is 60.8 Å². The van der Waals surface area contributed by atoms with Gasteiger partial charge in [-0.3, -0.25) is 14.4 Å². The molecule has 0 fully saturated rings. The number of carbonyl (C=O) groups is 3. The van der Waals surface area contributed by atoms with Crippen LogP contribution in [-0.4, -0.2) is 37.2 Å². The van der Waals surface area contributed by atoms with E-state index in [1.165, 1.54) is 212 Å². The Balaban J connectivity index is 4.17. The van der Waals surface area contributed by atoms with E-state index in [0.29, 0.717) is 19.3 Å². The van der Waals surface area contributed by atoms with E-state index in [-0.39, 0.29) is 37.5 Å². The van der Waals surface area contributed by atoms with Crippen LogP contribution < -0.4 is 0 Å². The van der Waals surface area contributed by atoms with Crippen molar-refractivity contribution < 1.29 is 28.6 Å². The Morgan fingerprint density at radius 3 is 0.811 bits per heavy atom. The molecule has 0 aromatic carbocycles. The third-order valence-corrected chi connectivity index (χ3v) is 14.3. The Bertz CT molecular complexity index is 1330. The van der Waals surface area contributed by atoms with Crippen LogP contribution >= 0.6 is 0 Å². The van der Waals surface area contributed by atoms with Crippen molar-refractivity contribution in [3.8, 4) is 0 Å². The summed E-state index contributed by atoms with van der Waals surface area (Å²) in [6, 6.07) is 0. The van der Waals surface area contributed by atoms with Gasteiger partial charge in [0.05, 0.1) is 0 Å². The highest BCUT2D eigenvalue weighted by Gasteiger charge is 2.19. The molecular formula is C68H122O6. The van der Waals surface area contributed by atoms with E-state index in [1.54, 1.807) is 0 Å². The molecule has 0 bridgehead atoms. The third kappa shape index (κ3) is 60.0. The van der Waals surface area contributed by atoms with E-state index in [4.69, 9.17) is 14.2 Å². The maximum atomic E-state index is 12.8. The standard InChI is InChI=1S/C68H122O6/c1-4-7-10-13-16-19-22-24-26-28-29-30-31-32-33-34-35-36-37-38-39-41-42-44-46-49-52-55-58-61-67(70)73-64-65(63-72-66(69)60-57-54-51-48-21-18-15-12-9-6-3)74-68(71)62-59-56-53-50-47-45-43-40-27-25-23-20-17-14-11-8-5-2/h8,11,17,20,25,27,43,45,50,53,65H,4-7,9-10,12-16,18-19,21-24,26,28-42,44,46-49,51-52,54-64H2,1-3H3/b11-8-,20-17-,27-25-,45-43-,53-50-. The highest BCUT2D eigenvalue weighted by Crippen LogP contribution is 2.18. The predicted octanol–water partition coefficient (Wildman–Crippen LogP) is 21.9. The van der Waals surface area contributed by atoms with Crippen LogP contribution in [0.4, 0.5) is 0 Å². The van der Waals surface area contributed by atoms with Gasteiger partial charge in [0.25, 0.3) is 0 Å². The third-order valence-electron chi connectivity index (χ3n) is 14.3. The summed E-state index contributed by atoms with van der Waals surface area (Å²) >= 11 is 0. The number of rotatable bonds is 59. The molecule has 0 radical (unpaired) electrons. The minimum atomic E-state index is -0.801. The normalized spacial score (nSPS) is 12.4. The summed E-state index contributed by atoms with van der Waals surface area (Å²) < 4.78 is 16.8. The van der Waals surface area contributed by atoms with Crippen molar-refractivity contribution in [2.45, 2.75) is 341 Å². The second kappa shape index (κ2) is 62.6. The molecule has 0 aliphatic carbocycles. The molecule has 0 aliphatic rings. The molecule has 1 unspecified atom stereocenters. The Morgan fingerprint density at radius 1 is 0.284 bits per heavy atom. The highest BCUT2D eigenvalue weighted by atomic mass is 16.6. The summed E-state index contributed by atoms with van der Waals surface area (Å²) in [6.07, 6.45) is 79.8. The summed E-state index contributed by atoms with van der Waals surface area (Å²) in [4.78, 5) is 38.1. The molecule has 0 spiro atoms. The number of carbonyl (C=O) groups excluding carboxylic acids is 3. The van der Waals surface area contributed by atoms with Crippen LogP contribution in [0, 0.1) is 0 Å². The molecule has 0 saturated carbocycles.